The Hall–Kier alpha value is -2.98. The lowest BCUT2D eigenvalue weighted by Crippen LogP contribution is -2.36. The molecule has 168 valence electrons. The maximum atomic E-state index is 13.0. The van der Waals surface area contributed by atoms with Crippen LogP contribution in [0.4, 0.5) is 15.2 Å². The molecule has 1 aromatic heterocycles. The zero-order valence-electron chi connectivity index (χ0n) is 17.3. The second-order valence-electron chi connectivity index (χ2n) is 7.47. The fourth-order valence-electron chi connectivity index (χ4n) is 3.54. The van der Waals surface area contributed by atoms with E-state index >= 15 is 0 Å². The van der Waals surface area contributed by atoms with Crippen molar-refractivity contribution in [2.75, 3.05) is 35.8 Å². The summed E-state index contributed by atoms with van der Waals surface area (Å²) in [4.78, 5) is 21.2. The highest BCUT2D eigenvalue weighted by Crippen LogP contribution is 2.20. The largest absolute Gasteiger partial charge is 0.346 e. The van der Waals surface area contributed by atoms with Crippen molar-refractivity contribution in [3.63, 3.8) is 0 Å². The molecule has 0 bridgehead atoms. The molecule has 1 N–H and O–H groups in total. The Balaban J connectivity index is 1.34. The van der Waals surface area contributed by atoms with Gasteiger partial charge in [-0.1, -0.05) is 12.1 Å². The second kappa shape index (κ2) is 9.66. The van der Waals surface area contributed by atoms with Gasteiger partial charge in [-0.15, -0.1) is 11.3 Å². The minimum atomic E-state index is -3.81. The number of aromatic nitrogens is 1. The Morgan fingerprint density at radius 3 is 2.47 bits per heavy atom. The summed E-state index contributed by atoms with van der Waals surface area (Å²) >= 11 is 1.60. The number of nitrogens with one attached hydrogen (secondary N) is 1. The average Bonchev–Trinajstić information content (AvgIpc) is 3.19. The summed E-state index contributed by atoms with van der Waals surface area (Å²) in [7, 11) is -3.81. The Bertz CT molecular complexity index is 1150. The Morgan fingerprint density at radius 2 is 1.78 bits per heavy atom. The molecule has 7 nitrogen and oxygen atoms in total. The van der Waals surface area contributed by atoms with E-state index in [9.17, 15) is 17.6 Å². The van der Waals surface area contributed by atoms with Crippen LogP contribution in [-0.4, -0.2) is 50.4 Å². The van der Waals surface area contributed by atoms with Crippen molar-refractivity contribution in [3.05, 3.63) is 71.5 Å². The van der Waals surface area contributed by atoms with Gasteiger partial charge in [-0.3, -0.25) is 9.52 Å². The quantitative estimate of drug-likeness (QED) is 0.592. The van der Waals surface area contributed by atoms with Crippen molar-refractivity contribution in [1.29, 1.82) is 0 Å². The average molecular weight is 475 g/mol. The van der Waals surface area contributed by atoms with E-state index < -0.39 is 15.8 Å². The van der Waals surface area contributed by atoms with Crippen LogP contribution in [-0.2, 0) is 21.2 Å². The summed E-state index contributed by atoms with van der Waals surface area (Å²) in [5.74, 6) is -0.455. The summed E-state index contributed by atoms with van der Waals surface area (Å²) in [5.41, 5.74) is 1.18. The molecule has 0 aliphatic carbocycles. The minimum Gasteiger partial charge on any atom is -0.346 e. The van der Waals surface area contributed by atoms with Gasteiger partial charge in [0.1, 0.15) is 5.82 Å². The highest BCUT2D eigenvalue weighted by atomic mass is 32.2. The molecule has 32 heavy (non-hydrogen) atoms. The van der Waals surface area contributed by atoms with Gasteiger partial charge < -0.3 is 9.80 Å². The van der Waals surface area contributed by atoms with Crippen LogP contribution >= 0.6 is 11.3 Å². The molecular weight excluding hydrogens is 451 g/mol. The number of carbonyl (C=O) groups is 1. The van der Waals surface area contributed by atoms with Crippen molar-refractivity contribution in [3.8, 4) is 0 Å². The lowest BCUT2D eigenvalue weighted by molar-refractivity contribution is -0.130. The van der Waals surface area contributed by atoms with E-state index in [1.54, 1.807) is 41.8 Å². The Kier molecular flexibility index (Phi) is 6.71. The zero-order chi connectivity index (χ0) is 22.6. The van der Waals surface area contributed by atoms with Gasteiger partial charge in [0.2, 0.25) is 5.91 Å². The van der Waals surface area contributed by atoms with E-state index in [1.165, 1.54) is 12.1 Å². The maximum Gasteiger partial charge on any atom is 0.261 e. The van der Waals surface area contributed by atoms with Crippen molar-refractivity contribution in [2.45, 2.75) is 17.7 Å². The molecule has 2 heterocycles. The van der Waals surface area contributed by atoms with Crippen LogP contribution in [0, 0.1) is 5.82 Å². The molecule has 0 saturated carbocycles. The highest BCUT2D eigenvalue weighted by Gasteiger charge is 2.20. The van der Waals surface area contributed by atoms with Gasteiger partial charge in [0, 0.05) is 43.4 Å². The van der Waals surface area contributed by atoms with Crippen LogP contribution in [0.1, 0.15) is 12.0 Å². The Labute approximate surface area is 190 Å². The third kappa shape index (κ3) is 5.43. The molecule has 1 fully saturated rings. The molecule has 10 heteroatoms. The van der Waals surface area contributed by atoms with Crippen LogP contribution in [0.15, 0.2) is 65.0 Å². The van der Waals surface area contributed by atoms with Crippen LogP contribution in [0.5, 0.6) is 0 Å². The van der Waals surface area contributed by atoms with Gasteiger partial charge in [-0.05, 0) is 48.4 Å². The van der Waals surface area contributed by atoms with E-state index in [4.69, 9.17) is 0 Å². The number of sulfonamides is 1. The van der Waals surface area contributed by atoms with Crippen LogP contribution in [0.25, 0.3) is 0 Å². The predicted molar refractivity (Wildman–Crippen MR) is 123 cm³/mol. The fraction of sp³-hybridized carbons (Fsp3) is 0.273. The first-order valence-electron chi connectivity index (χ1n) is 10.2. The van der Waals surface area contributed by atoms with Gasteiger partial charge in [0.25, 0.3) is 10.0 Å². The second-order valence-corrected chi connectivity index (χ2v) is 10.0. The number of anilines is 2. The third-order valence-corrected chi connectivity index (χ3v) is 7.45. The topological polar surface area (TPSA) is 82.6 Å². The third-order valence-electron chi connectivity index (χ3n) is 5.22. The molecule has 0 radical (unpaired) electrons. The molecule has 1 amide bonds. The first-order valence-corrected chi connectivity index (χ1v) is 12.6. The SMILES string of the molecule is O=C(Cc1ccc(NS(=O)(=O)c2ccc(F)cc2)cc1)N1CCCN(c2nccs2)CC1. The molecule has 1 aliphatic heterocycles. The zero-order valence-corrected chi connectivity index (χ0v) is 18.9. The number of benzene rings is 2. The monoisotopic (exact) mass is 474 g/mol. The molecule has 0 spiro atoms. The molecular formula is C22H23FN4O3S2. The predicted octanol–water partition coefficient (Wildman–Crippen LogP) is 3.36. The lowest BCUT2D eigenvalue weighted by atomic mass is 10.1. The lowest BCUT2D eigenvalue weighted by Gasteiger charge is -2.22. The summed E-state index contributed by atoms with van der Waals surface area (Å²) in [6, 6.07) is 11.3. The Morgan fingerprint density at radius 1 is 1.03 bits per heavy atom. The van der Waals surface area contributed by atoms with E-state index in [2.05, 4.69) is 14.6 Å². The summed E-state index contributed by atoms with van der Waals surface area (Å²) in [6.07, 6.45) is 2.93. The van der Waals surface area contributed by atoms with Crippen molar-refractivity contribution in [1.82, 2.24) is 9.88 Å². The molecule has 2 aromatic carbocycles. The van der Waals surface area contributed by atoms with Gasteiger partial charge in [-0.2, -0.15) is 0 Å². The standard InChI is InChI=1S/C22H23FN4O3S2/c23-18-4-8-20(9-5-18)32(29,30)25-19-6-2-17(3-7-19)16-21(28)26-11-1-12-27(14-13-26)22-24-10-15-31-22/h2-10,15,25H,1,11-14,16H2. The number of nitrogens with zero attached hydrogens (tertiary/aromatic N) is 3. The number of carbonyl (C=O) groups excluding carboxylic acids is 1. The van der Waals surface area contributed by atoms with E-state index in [1.807, 2.05) is 10.3 Å². The number of amides is 1. The van der Waals surface area contributed by atoms with Gasteiger partial charge in [0.15, 0.2) is 5.13 Å². The summed E-state index contributed by atoms with van der Waals surface area (Å²) in [5, 5.41) is 2.94. The van der Waals surface area contributed by atoms with Crippen LogP contribution in [0.2, 0.25) is 0 Å². The van der Waals surface area contributed by atoms with E-state index in [0.29, 0.717) is 18.8 Å². The normalized spacial score (nSPS) is 14.8. The summed E-state index contributed by atoms with van der Waals surface area (Å²) in [6.45, 7) is 2.98. The number of hydrogen-bond donors (Lipinski definition) is 1. The maximum absolute atomic E-state index is 13.0. The molecule has 4 rings (SSSR count). The van der Waals surface area contributed by atoms with Gasteiger partial charge in [0.05, 0.1) is 11.3 Å². The molecule has 3 aromatic rings. The van der Waals surface area contributed by atoms with Crippen molar-refractivity contribution in [2.24, 2.45) is 0 Å². The molecule has 1 saturated heterocycles. The van der Waals surface area contributed by atoms with Gasteiger partial charge >= 0.3 is 0 Å². The fourth-order valence-corrected chi connectivity index (χ4v) is 5.29. The van der Waals surface area contributed by atoms with E-state index in [-0.39, 0.29) is 17.2 Å². The molecule has 0 unspecified atom stereocenters. The molecule has 1 aliphatic rings. The first-order chi connectivity index (χ1) is 15.4. The van der Waals surface area contributed by atoms with Crippen molar-refractivity contribution < 1.29 is 17.6 Å². The van der Waals surface area contributed by atoms with E-state index in [0.717, 1.165) is 42.3 Å². The van der Waals surface area contributed by atoms with Crippen LogP contribution in [0.3, 0.4) is 0 Å². The van der Waals surface area contributed by atoms with Crippen molar-refractivity contribution >= 4 is 38.1 Å². The number of halogens is 1. The van der Waals surface area contributed by atoms with Gasteiger partial charge in [-0.25, -0.2) is 17.8 Å². The molecule has 0 atom stereocenters. The smallest absolute Gasteiger partial charge is 0.261 e. The first kappa shape index (κ1) is 22.2. The highest BCUT2D eigenvalue weighted by molar-refractivity contribution is 7.92. The number of rotatable bonds is 6. The minimum absolute atomic E-state index is 0.0221. The van der Waals surface area contributed by atoms with Crippen LogP contribution < -0.4 is 9.62 Å². The summed E-state index contributed by atoms with van der Waals surface area (Å²) < 4.78 is 40.4. The number of thiazole rings is 1. The number of hydrogen-bond acceptors (Lipinski definition) is 6.